The maximum Gasteiger partial charge on any atom is 0.123 e. The maximum atomic E-state index is 13.1. The zero-order chi connectivity index (χ0) is 13.0. The van der Waals surface area contributed by atoms with Crippen molar-refractivity contribution >= 4 is 28.8 Å². The molecule has 1 unspecified atom stereocenters. The van der Waals surface area contributed by atoms with Crippen LogP contribution < -0.4 is 5.73 Å². The Morgan fingerprint density at radius 2 is 2.24 bits per heavy atom. The Labute approximate surface area is 112 Å². The first kappa shape index (κ1) is 14.4. The molecule has 2 N–H and O–H groups in total. The van der Waals surface area contributed by atoms with E-state index in [9.17, 15) is 4.39 Å². The second-order valence-corrected chi connectivity index (χ2v) is 5.11. The summed E-state index contributed by atoms with van der Waals surface area (Å²) in [4.78, 5) is 2.51. The van der Waals surface area contributed by atoms with E-state index < -0.39 is 0 Å². The Morgan fingerprint density at radius 1 is 1.59 bits per heavy atom. The van der Waals surface area contributed by atoms with Gasteiger partial charge in [0.2, 0.25) is 0 Å². The van der Waals surface area contributed by atoms with Crippen LogP contribution in [-0.4, -0.2) is 23.5 Å². The van der Waals surface area contributed by atoms with Crippen LogP contribution in [0.2, 0.25) is 5.02 Å². The zero-order valence-electron chi connectivity index (χ0n) is 9.91. The van der Waals surface area contributed by atoms with Gasteiger partial charge in [0.25, 0.3) is 0 Å². The van der Waals surface area contributed by atoms with Crippen LogP contribution in [0, 0.1) is 11.7 Å². The van der Waals surface area contributed by atoms with E-state index in [4.69, 9.17) is 29.6 Å². The lowest BCUT2D eigenvalue weighted by Gasteiger charge is -2.21. The minimum Gasteiger partial charge on any atom is -0.393 e. The van der Waals surface area contributed by atoms with Gasteiger partial charge >= 0.3 is 0 Å². The first-order valence-electron chi connectivity index (χ1n) is 5.32. The summed E-state index contributed by atoms with van der Waals surface area (Å²) in [7, 11) is 1.93. The van der Waals surface area contributed by atoms with Gasteiger partial charge in [0.1, 0.15) is 5.82 Å². The molecular weight excluding hydrogens is 259 g/mol. The summed E-state index contributed by atoms with van der Waals surface area (Å²) in [6.45, 7) is 3.26. The first-order valence-corrected chi connectivity index (χ1v) is 6.10. The smallest absolute Gasteiger partial charge is 0.123 e. The molecule has 17 heavy (non-hydrogen) atoms. The summed E-state index contributed by atoms with van der Waals surface area (Å²) < 4.78 is 13.1. The van der Waals surface area contributed by atoms with Gasteiger partial charge in [-0.1, -0.05) is 30.7 Å². The number of benzene rings is 1. The SMILES string of the molecule is CC(CN(C)Cc1cc(F)ccc1Cl)C(N)=S. The van der Waals surface area contributed by atoms with Crippen molar-refractivity contribution in [3.8, 4) is 0 Å². The average Bonchev–Trinajstić information content (AvgIpc) is 2.23. The van der Waals surface area contributed by atoms with Crippen molar-refractivity contribution in [3.63, 3.8) is 0 Å². The summed E-state index contributed by atoms with van der Waals surface area (Å²) >= 11 is 10.9. The molecule has 0 fully saturated rings. The Balaban J connectivity index is 2.64. The number of halogens is 2. The molecule has 1 aromatic carbocycles. The molecule has 1 atom stereocenters. The molecule has 0 radical (unpaired) electrons. The molecule has 5 heteroatoms. The predicted octanol–water partition coefficient (Wildman–Crippen LogP) is 2.83. The fraction of sp³-hybridized carbons (Fsp3) is 0.417. The van der Waals surface area contributed by atoms with Gasteiger partial charge in [-0.3, -0.25) is 0 Å². The van der Waals surface area contributed by atoms with E-state index in [1.165, 1.54) is 12.1 Å². The Hall–Kier alpha value is -0.710. The van der Waals surface area contributed by atoms with Gasteiger partial charge in [-0.05, 0) is 30.8 Å². The van der Waals surface area contributed by atoms with Gasteiger partial charge in [0.05, 0.1) is 4.99 Å². The van der Waals surface area contributed by atoms with Crippen molar-refractivity contribution in [2.45, 2.75) is 13.5 Å². The number of nitrogens with zero attached hydrogens (tertiary/aromatic N) is 1. The van der Waals surface area contributed by atoms with Crippen molar-refractivity contribution in [2.75, 3.05) is 13.6 Å². The van der Waals surface area contributed by atoms with Crippen LogP contribution in [0.1, 0.15) is 12.5 Å². The van der Waals surface area contributed by atoms with Gasteiger partial charge in [-0.25, -0.2) is 4.39 Å². The molecule has 0 aromatic heterocycles. The second-order valence-electron chi connectivity index (χ2n) is 4.24. The summed E-state index contributed by atoms with van der Waals surface area (Å²) in [5.41, 5.74) is 6.32. The fourth-order valence-corrected chi connectivity index (χ4v) is 1.83. The van der Waals surface area contributed by atoms with E-state index in [0.29, 0.717) is 16.6 Å². The summed E-state index contributed by atoms with van der Waals surface area (Å²) in [5, 5.41) is 0.571. The lowest BCUT2D eigenvalue weighted by atomic mass is 10.1. The monoisotopic (exact) mass is 274 g/mol. The minimum absolute atomic E-state index is 0.127. The third-order valence-corrected chi connectivity index (χ3v) is 3.29. The highest BCUT2D eigenvalue weighted by molar-refractivity contribution is 7.80. The standard InChI is InChI=1S/C12H16ClFN2S/c1-8(12(15)17)6-16(2)7-9-5-10(14)3-4-11(9)13/h3-5,8H,6-7H2,1-2H3,(H2,15,17). The largest absolute Gasteiger partial charge is 0.393 e. The first-order chi connectivity index (χ1) is 7.90. The van der Waals surface area contributed by atoms with Gasteiger partial charge < -0.3 is 10.6 Å². The van der Waals surface area contributed by atoms with Gasteiger partial charge in [0.15, 0.2) is 0 Å². The summed E-state index contributed by atoms with van der Waals surface area (Å²) in [6, 6.07) is 4.37. The van der Waals surface area contributed by atoms with Crippen LogP contribution >= 0.6 is 23.8 Å². The molecule has 2 nitrogen and oxygen atoms in total. The van der Waals surface area contributed by atoms with Crippen molar-refractivity contribution in [1.82, 2.24) is 4.90 Å². The third kappa shape index (κ3) is 4.58. The summed E-state index contributed by atoms with van der Waals surface area (Å²) in [5.74, 6) is -0.150. The number of thiocarbonyl (C=S) groups is 1. The average molecular weight is 275 g/mol. The van der Waals surface area contributed by atoms with Gasteiger partial charge in [-0.2, -0.15) is 0 Å². The Bertz CT molecular complexity index is 411. The Morgan fingerprint density at radius 3 is 2.82 bits per heavy atom. The van der Waals surface area contributed by atoms with Gasteiger partial charge in [0, 0.05) is 24.0 Å². The number of nitrogens with two attached hydrogens (primary N) is 1. The third-order valence-electron chi connectivity index (χ3n) is 2.52. The molecular formula is C12H16ClFN2S. The van der Waals surface area contributed by atoms with E-state index >= 15 is 0 Å². The molecule has 0 aliphatic rings. The van der Waals surface area contributed by atoms with Crippen LogP contribution in [0.25, 0.3) is 0 Å². The lowest BCUT2D eigenvalue weighted by molar-refractivity contribution is 0.307. The second kappa shape index (κ2) is 6.28. The van der Waals surface area contributed by atoms with E-state index in [1.54, 1.807) is 6.07 Å². The van der Waals surface area contributed by atoms with Crippen molar-refractivity contribution in [2.24, 2.45) is 11.7 Å². The molecule has 0 heterocycles. The zero-order valence-corrected chi connectivity index (χ0v) is 11.5. The number of rotatable bonds is 5. The molecule has 1 rings (SSSR count). The van der Waals surface area contributed by atoms with Crippen LogP contribution in [0.5, 0.6) is 0 Å². The predicted molar refractivity (Wildman–Crippen MR) is 73.7 cm³/mol. The molecule has 0 bridgehead atoms. The van der Waals surface area contributed by atoms with Crippen molar-refractivity contribution < 1.29 is 4.39 Å². The molecule has 0 spiro atoms. The van der Waals surface area contributed by atoms with Gasteiger partial charge in [-0.15, -0.1) is 0 Å². The van der Waals surface area contributed by atoms with Crippen LogP contribution in [0.15, 0.2) is 18.2 Å². The molecule has 0 aliphatic heterocycles. The van der Waals surface area contributed by atoms with E-state index in [2.05, 4.69) is 0 Å². The maximum absolute atomic E-state index is 13.1. The Kier molecular flexibility index (Phi) is 5.31. The molecule has 94 valence electrons. The highest BCUT2D eigenvalue weighted by Crippen LogP contribution is 2.18. The number of hydrogen-bond acceptors (Lipinski definition) is 2. The topological polar surface area (TPSA) is 29.3 Å². The van der Waals surface area contributed by atoms with Crippen LogP contribution in [0.4, 0.5) is 4.39 Å². The lowest BCUT2D eigenvalue weighted by Crippen LogP contribution is -2.31. The van der Waals surface area contributed by atoms with Crippen LogP contribution in [-0.2, 0) is 6.54 Å². The van der Waals surface area contributed by atoms with Crippen molar-refractivity contribution in [3.05, 3.63) is 34.6 Å². The quantitative estimate of drug-likeness (QED) is 0.838. The van der Waals surface area contributed by atoms with Crippen LogP contribution in [0.3, 0.4) is 0 Å². The highest BCUT2D eigenvalue weighted by atomic mass is 35.5. The fourth-order valence-electron chi connectivity index (χ4n) is 1.58. The molecule has 0 aliphatic carbocycles. The van der Waals surface area contributed by atoms with E-state index in [-0.39, 0.29) is 11.7 Å². The molecule has 0 saturated carbocycles. The number of hydrogen-bond donors (Lipinski definition) is 1. The highest BCUT2D eigenvalue weighted by Gasteiger charge is 2.11. The molecule has 0 amide bonds. The van der Waals surface area contributed by atoms with Crippen molar-refractivity contribution in [1.29, 1.82) is 0 Å². The van der Waals surface area contributed by atoms with E-state index in [0.717, 1.165) is 12.1 Å². The minimum atomic E-state index is -0.278. The normalized spacial score (nSPS) is 12.8. The summed E-state index contributed by atoms with van der Waals surface area (Å²) in [6.07, 6.45) is 0. The molecule has 0 saturated heterocycles. The van der Waals surface area contributed by atoms with E-state index in [1.807, 2.05) is 18.9 Å². The molecule has 1 aromatic rings.